The third-order valence-electron chi connectivity index (χ3n) is 3.37. The van der Waals surface area contributed by atoms with E-state index >= 15 is 0 Å². The van der Waals surface area contributed by atoms with Gasteiger partial charge in [0.2, 0.25) is 0 Å². The third-order valence-corrected chi connectivity index (χ3v) is 3.56. The van der Waals surface area contributed by atoms with Gasteiger partial charge in [0.15, 0.2) is 5.65 Å². The Balaban J connectivity index is 2.45. The Bertz CT molecular complexity index is 574. The molecule has 0 N–H and O–H groups in total. The molecule has 2 rings (SSSR count). The highest BCUT2D eigenvalue weighted by molar-refractivity contribution is 6.17. The lowest BCUT2D eigenvalue weighted by Gasteiger charge is -2.19. The summed E-state index contributed by atoms with van der Waals surface area (Å²) in [5, 5.41) is 4.46. The van der Waals surface area contributed by atoms with Crippen LogP contribution in [0.2, 0.25) is 0 Å². The van der Waals surface area contributed by atoms with Crippen LogP contribution in [0.25, 0.3) is 11.2 Å². The molecule has 4 nitrogen and oxygen atoms in total. The number of hydrogen-bond acceptors (Lipinski definition) is 2. The van der Waals surface area contributed by atoms with Crippen molar-refractivity contribution in [3.8, 4) is 0 Å². The maximum atomic E-state index is 5.90. The second kappa shape index (κ2) is 5.16. The van der Waals surface area contributed by atoms with Crippen LogP contribution in [0.15, 0.2) is 0 Å². The van der Waals surface area contributed by atoms with Gasteiger partial charge in [0.25, 0.3) is 0 Å². The maximum Gasteiger partial charge on any atom is 0.158 e. The van der Waals surface area contributed by atoms with E-state index in [0.717, 1.165) is 42.1 Å². The van der Waals surface area contributed by atoms with Crippen LogP contribution < -0.4 is 0 Å². The summed E-state index contributed by atoms with van der Waals surface area (Å²) in [4.78, 5) is 4.72. The molecule has 0 amide bonds. The van der Waals surface area contributed by atoms with Crippen LogP contribution in [0.1, 0.15) is 38.7 Å². The van der Waals surface area contributed by atoms with Gasteiger partial charge in [-0.2, -0.15) is 5.10 Å². The minimum absolute atomic E-state index is 0.308. The fraction of sp³-hybridized carbons (Fsp3) is 0.714. The number of rotatable bonds is 4. The standard InChI is InChI=1S/C14H23ClN4/c1-10-12-13(18(5)17-10)19(9-7-14(2,3)4)11(16-12)6-8-15/h6-9H2,1-5H3. The molecule has 2 aromatic heterocycles. The first-order valence-electron chi connectivity index (χ1n) is 6.78. The Morgan fingerprint density at radius 2 is 1.95 bits per heavy atom. The highest BCUT2D eigenvalue weighted by Gasteiger charge is 2.19. The molecule has 0 bridgehead atoms. The van der Waals surface area contributed by atoms with Crippen molar-refractivity contribution in [3.05, 3.63) is 11.5 Å². The fourth-order valence-electron chi connectivity index (χ4n) is 2.34. The summed E-state index contributed by atoms with van der Waals surface area (Å²) < 4.78 is 4.21. The van der Waals surface area contributed by atoms with Gasteiger partial charge >= 0.3 is 0 Å². The average Bonchev–Trinajstić information content (AvgIpc) is 2.76. The summed E-state index contributed by atoms with van der Waals surface area (Å²) in [7, 11) is 1.98. The normalized spacial score (nSPS) is 12.5. The monoisotopic (exact) mass is 282 g/mol. The van der Waals surface area contributed by atoms with Crippen molar-refractivity contribution in [2.45, 2.75) is 47.1 Å². The SMILES string of the molecule is Cc1nn(C)c2c1nc(CCCl)n2CCC(C)(C)C. The van der Waals surface area contributed by atoms with Crippen molar-refractivity contribution in [3.63, 3.8) is 0 Å². The highest BCUT2D eigenvalue weighted by atomic mass is 35.5. The van der Waals surface area contributed by atoms with Crippen LogP contribution in [0.5, 0.6) is 0 Å². The predicted octanol–water partition coefficient (Wildman–Crippen LogP) is 3.30. The Kier molecular flexibility index (Phi) is 3.90. The van der Waals surface area contributed by atoms with E-state index in [4.69, 9.17) is 16.6 Å². The van der Waals surface area contributed by atoms with Crippen LogP contribution in [0, 0.1) is 12.3 Å². The topological polar surface area (TPSA) is 35.6 Å². The summed E-state index contributed by atoms with van der Waals surface area (Å²) in [5.41, 5.74) is 3.42. The molecular formula is C14H23ClN4. The van der Waals surface area contributed by atoms with Crippen molar-refractivity contribution in [2.24, 2.45) is 12.5 Å². The highest BCUT2D eigenvalue weighted by Crippen LogP contribution is 2.24. The maximum absolute atomic E-state index is 5.90. The van der Waals surface area contributed by atoms with Crippen LogP contribution >= 0.6 is 11.6 Å². The summed E-state index contributed by atoms with van der Waals surface area (Å²) >= 11 is 5.90. The van der Waals surface area contributed by atoms with E-state index in [-0.39, 0.29) is 0 Å². The molecule has 0 unspecified atom stereocenters. The molecule has 0 fully saturated rings. The molecule has 106 valence electrons. The molecular weight excluding hydrogens is 260 g/mol. The number of aromatic nitrogens is 4. The molecule has 0 atom stereocenters. The largest absolute Gasteiger partial charge is 0.313 e. The van der Waals surface area contributed by atoms with E-state index in [1.54, 1.807) is 0 Å². The van der Waals surface area contributed by atoms with Crippen molar-refractivity contribution in [2.75, 3.05) is 5.88 Å². The first-order chi connectivity index (χ1) is 8.83. The van der Waals surface area contributed by atoms with E-state index in [1.165, 1.54) is 0 Å². The molecule has 0 spiro atoms. The minimum Gasteiger partial charge on any atom is -0.313 e. The fourth-order valence-corrected chi connectivity index (χ4v) is 2.51. The van der Waals surface area contributed by atoms with E-state index in [2.05, 4.69) is 30.4 Å². The molecule has 0 saturated carbocycles. The molecule has 0 saturated heterocycles. The minimum atomic E-state index is 0.308. The Labute approximate surface area is 119 Å². The van der Waals surface area contributed by atoms with Crippen LogP contribution in [0.3, 0.4) is 0 Å². The molecule has 2 aromatic rings. The summed E-state index contributed by atoms with van der Waals surface area (Å²) in [6, 6.07) is 0. The van der Waals surface area contributed by atoms with Gasteiger partial charge in [-0.05, 0) is 18.8 Å². The molecule has 0 aliphatic heterocycles. The Morgan fingerprint density at radius 3 is 2.53 bits per heavy atom. The molecule has 0 radical (unpaired) electrons. The zero-order chi connectivity index (χ0) is 14.2. The van der Waals surface area contributed by atoms with Gasteiger partial charge in [0, 0.05) is 25.9 Å². The van der Waals surface area contributed by atoms with Crippen molar-refractivity contribution >= 4 is 22.8 Å². The Morgan fingerprint density at radius 1 is 1.26 bits per heavy atom. The number of fused-ring (bicyclic) bond motifs is 1. The van der Waals surface area contributed by atoms with Gasteiger partial charge in [-0.25, -0.2) is 4.98 Å². The smallest absolute Gasteiger partial charge is 0.158 e. The van der Waals surface area contributed by atoms with Crippen molar-refractivity contribution in [1.29, 1.82) is 0 Å². The predicted molar refractivity (Wildman–Crippen MR) is 79.7 cm³/mol. The molecule has 0 aliphatic rings. The van der Waals surface area contributed by atoms with Gasteiger partial charge in [0.05, 0.1) is 5.69 Å². The first-order valence-corrected chi connectivity index (χ1v) is 7.31. The summed E-state index contributed by atoms with van der Waals surface area (Å²) in [5.74, 6) is 1.68. The number of imidazole rings is 1. The Hall–Kier alpha value is -1.03. The second-order valence-electron chi connectivity index (χ2n) is 6.31. The van der Waals surface area contributed by atoms with Gasteiger partial charge in [0.1, 0.15) is 11.3 Å². The van der Waals surface area contributed by atoms with Crippen molar-refractivity contribution < 1.29 is 0 Å². The van der Waals surface area contributed by atoms with Crippen LogP contribution in [0.4, 0.5) is 0 Å². The zero-order valence-electron chi connectivity index (χ0n) is 12.5. The second-order valence-corrected chi connectivity index (χ2v) is 6.69. The molecule has 2 heterocycles. The quantitative estimate of drug-likeness (QED) is 0.807. The lowest BCUT2D eigenvalue weighted by atomic mass is 9.92. The van der Waals surface area contributed by atoms with Gasteiger partial charge < -0.3 is 4.57 Å². The first kappa shape index (κ1) is 14.4. The molecule has 5 heteroatoms. The summed E-state index contributed by atoms with van der Waals surface area (Å²) in [6.07, 6.45) is 1.91. The number of aryl methyl sites for hydroxylation is 4. The number of nitrogens with zero attached hydrogens (tertiary/aromatic N) is 4. The lowest BCUT2D eigenvalue weighted by Crippen LogP contribution is -2.14. The van der Waals surface area contributed by atoms with E-state index in [0.29, 0.717) is 11.3 Å². The lowest BCUT2D eigenvalue weighted by molar-refractivity contribution is 0.349. The molecule has 0 aliphatic carbocycles. The van der Waals surface area contributed by atoms with Crippen LogP contribution in [-0.2, 0) is 20.0 Å². The van der Waals surface area contributed by atoms with Gasteiger partial charge in [-0.15, -0.1) is 11.6 Å². The number of halogens is 1. The summed E-state index contributed by atoms with van der Waals surface area (Å²) in [6.45, 7) is 9.75. The van der Waals surface area contributed by atoms with E-state index in [9.17, 15) is 0 Å². The average molecular weight is 283 g/mol. The number of hydrogen-bond donors (Lipinski definition) is 0. The zero-order valence-corrected chi connectivity index (χ0v) is 13.3. The molecule has 19 heavy (non-hydrogen) atoms. The van der Waals surface area contributed by atoms with E-state index in [1.807, 2.05) is 18.7 Å². The van der Waals surface area contributed by atoms with Gasteiger partial charge in [-0.1, -0.05) is 20.8 Å². The van der Waals surface area contributed by atoms with Crippen molar-refractivity contribution in [1.82, 2.24) is 19.3 Å². The number of alkyl halides is 1. The van der Waals surface area contributed by atoms with Gasteiger partial charge in [-0.3, -0.25) is 4.68 Å². The molecule has 0 aromatic carbocycles. The third kappa shape index (κ3) is 2.94. The van der Waals surface area contributed by atoms with E-state index < -0.39 is 0 Å². The van der Waals surface area contributed by atoms with Crippen LogP contribution in [-0.4, -0.2) is 25.2 Å².